The Balaban J connectivity index is 1.54. The summed E-state index contributed by atoms with van der Waals surface area (Å²) in [6.45, 7) is 5.06. The van der Waals surface area contributed by atoms with Gasteiger partial charge in [-0.15, -0.1) is 0 Å². The van der Waals surface area contributed by atoms with Gasteiger partial charge in [-0.2, -0.15) is 0 Å². The van der Waals surface area contributed by atoms with Gasteiger partial charge < -0.3 is 9.42 Å². The van der Waals surface area contributed by atoms with Gasteiger partial charge in [0.15, 0.2) is 0 Å². The van der Waals surface area contributed by atoms with Crippen LogP contribution in [0, 0.1) is 18.8 Å². The number of pyridine rings is 1. The van der Waals surface area contributed by atoms with Crippen LogP contribution in [0.3, 0.4) is 0 Å². The first-order chi connectivity index (χ1) is 12.0. The van der Waals surface area contributed by atoms with E-state index in [0.717, 1.165) is 19.3 Å². The van der Waals surface area contributed by atoms with Gasteiger partial charge in [0.1, 0.15) is 0 Å². The lowest BCUT2D eigenvalue weighted by atomic mass is 9.91. The van der Waals surface area contributed by atoms with Gasteiger partial charge in [-0.05, 0) is 38.2 Å². The van der Waals surface area contributed by atoms with Gasteiger partial charge >= 0.3 is 0 Å². The highest BCUT2D eigenvalue weighted by molar-refractivity contribution is 5.82. The van der Waals surface area contributed by atoms with Gasteiger partial charge in [0.05, 0.1) is 11.1 Å². The average Bonchev–Trinajstić information content (AvgIpc) is 3.23. The lowest BCUT2D eigenvalue weighted by molar-refractivity contribution is -0.133. The molecule has 1 saturated carbocycles. The van der Waals surface area contributed by atoms with Gasteiger partial charge in [-0.3, -0.25) is 4.79 Å². The molecule has 0 spiro atoms. The molecule has 1 aliphatic heterocycles. The second-order valence-electron chi connectivity index (χ2n) is 7.30. The quantitative estimate of drug-likeness (QED) is 0.845. The minimum absolute atomic E-state index is 0.0629. The molecule has 1 amide bonds. The zero-order chi connectivity index (χ0) is 17.7. The Labute approximate surface area is 144 Å². The van der Waals surface area contributed by atoms with Crippen molar-refractivity contribution in [2.24, 2.45) is 11.8 Å². The molecule has 5 nitrogen and oxygen atoms in total. The van der Waals surface area contributed by atoms with E-state index in [4.69, 9.17) is 4.52 Å². The second kappa shape index (κ2) is 6.04. The number of hydrogen-bond donors (Lipinski definition) is 0. The van der Waals surface area contributed by atoms with Crippen molar-refractivity contribution in [3.63, 3.8) is 0 Å². The van der Waals surface area contributed by atoms with Crippen LogP contribution in [0.4, 0.5) is 8.78 Å². The lowest BCUT2D eigenvalue weighted by Gasteiger charge is -2.32. The van der Waals surface area contributed by atoms with Crippen molar-refractivity contribution in [1.29, 1.82) is 0 Å². The van der Waals surface area contributed by atoms with Gasteiger partial charge in [0.25, 0.3) is 12.1 Å². The Morgan fingerprint density at radius 1 is 1.36 bits per heavy atom. The molecule has 1 saturated heterocycles. The number of likely N-dealkylation sites (tertiary alicyclic amines) is 1. The highest BCUT2D eigenvalue weighted by Crippen LogP contribution is 2.40. The molecule has 0 radical (unpaired) electrons. The first-order valence-electron chi connectivity index (χ1n) is 8.79. The molecule has 0 aromatic carbocycles. The molecule has 2 aromatic heterocycles. The number of halogens is 2. The molecule has 7 heteroatoms. The summed E-state index contributed by atoms with van der Waals surface area (Å²) in [4.78, 5) is 18.7. The number of carbonyl (C=O) groups excluding carboxylic acids is 1. The zero-order valence-corrected chi connectivity index (χ0v) is 14.3. The van der Waals surface area contributed by atoms with Crippen LogP contribution in [0.1, 0.15) is 55.5 Å². The van der Waals surface area contributed by atoms with Crippen LogP contribution >= 0.6 is 0 Å². The molecule has 3 heterocycles. The Hall–Kier alpha value is -2.05. The Bertz CT molecular complexity index is 812. The van der Waals surface area contributed by atoms with Crippen molar-refractivity contribution in [3.8, 4) is 0 Å². The fraction of sp³-hybridized carbons (Fsp3) is 0.611. The number of fused-ring (bicyclic) bond motifs is 1. The maximum atomic E-state index is 13.5. The van der Waals surface area contributed by atoms with Crippen molar-refractivity contribution in [1.82, 2.24) is 15.0 Å². The Morgan fingerprint density at radius 3 is 2.64 bits per heavy atom. The van der Waals surface area contributed by atoms with Crippen LogP contribution in [-0.2, 0) is 4.79 Å². The number of aryl methyl sites for hydroxylation is 1. The van der Waals surface area contributed by atoms with Crippen LogP contribution in [-0.4, -0.2) is 34.0 Å². The fourth-order valence-electron chi connectivity index (χ4n) is 3.83. The molecular weight excluding hydrogens is 328 g/mol. The molecule has 2 aliphatic rings. The van der Waals surface area contributed by atoms with Crippen molar-refractivity contribution in [3.05, 3.63) is 23.0 Å². The average molecular weight is 349 g/mol. The first-order valence-corrected chi connectivity index (χ1v) is 8.79. The van der Waals surface area contributed by atoms with E-state index < -0.39 is 6.43 Å². The van der Waals surface area contributed by atoms with Gasteiger partial charge in [0.2, 0.25) is 5.91 Å². The lowest BCUT2D eigenvalue weighted by Crippen LogP contribution is -2.39. The van der Waals surface area contributed by atoms with E-state index in [1.807, 2.05) is 4.90 Å². The Morgan fingerprint density at radius 2 is 2.04 bits per heavy atom. The monoisotopic (exact) mass is 349 g/mol. The summed E-state index contributed by atoms with van der Waals surface area (Å²) >= 11 is 0. The van der Waals surface area contributed by atoms with Gasteiger partial charge in [0, 0.05) is 36.2 Å². The van der Waals surface area contributed by atoms with Crippen molar-refractivity contribution in [2.45, 2.75) is 45.5 Å². The van der Waals surface area contributed by atoms with Crippen LogP contribution in [0.15, 0.2) is 10.6 Å². The zero-order valence-electron chi connectivity index (χ0n) is 14.3. The molecule has 25 heavy (non-hydrogen) atoms. The van der Waals surface area contributed by atoms with Crippen LogP contribution in [0.5, 0.6) is 0 Å². The van der Waals surface area contributed by atoms with Crippen molar-refractivity contribution >= 4 is 17.0 Å². The van der Waals surface area contributed by atoms with Crippen LogP contribution in [0.25, 0.3) is 11.1 Å². The molecule has 0 unspecified atom stereocenters. The summed E-state index contributed by atoms with van der Waals surface area (Å²) < 4.78 is 32.0. The number of hydrogen-bond acceptors (Lipinski definition) is 4. The molecule has 2 fully saturated rings. The number of alkyl halides is 2. The molecule has 134 valence electrons. The topological polar surface area (TPSA) is 59.2 Å². The number of nitrogens with zero attached hydrogens (tertiary/aromatic N) is 3. The molecular formula is C18H21F2N3O2. The highest BCUT2D eigenvalue weighted by atomic mass is 19.3. The van der Waals surface area contributed by atoms with Crippen LogP contribution < -0.4 is 0 Å². The van der Waals surface area contributed by atoms with E-state index in [1.54, 1.807) is 6.92 Å². The Kier molecular flexibility index (Phi) is 3.96. The number of rotatable bonds is 3. The largest absolute Gasteiger partial charge is 0.342 e. The summed E-state index contributed by atoms with van der Waals surface area (Å²) in [6, 6.07) is 1.49. The van der Waals surface area contributed by atoms with Crippen molar-refractivity contribution < 1.29 is 18.1 Å². The summed E-state index contributed by atoms with van der Waals surface area (Å²) in [5.41, 5.74) is 1.16. The van der Waals surface area contributed by atoms with Gasteiger partial charge in [-0.25, -0.2) is 13.8 Å². The molecule has 0 N–H and O–H groups in total. The van der Waals surface area contributed by atoms with Crippen LogP contribution in [0.2, 0.25) is 0 Å². The van der Waals surface area contributed by atoms with Crippen molar-refractivity contribution in [2.75, 3.05) is 13.1 Å². The third-order valence-corrected chi connectivity index (χ3v) is 5.55. The predicted molar refractivity (Wildman–Crippen MR) is 87.3 cm³/mol. The van der Waals surface area contributed by atoms with E-state index in [-0.39, 0.29) is 29.0 Å². The normalized spacial score (nSPS) is 24.3. The van der Waals surface area contributed by atoms with Gasteiger partial charge in [-0.1, -0.05) is 12.1 Å². The maximum Gasteiger partial charge on any atom is 0.264 e. The summed E-state index contributed by atoms with van der Waals surface area (Å²) in [7, 11) is 0. The molecule has 1 aliphatic carbocycles. The summed E-state index contributed by atoms with van der Waals surface area (Å²) in [5, 5.41) is 4.08. The van der Waals surface area contributed by atoms with E-state index in [9.17, 15) is 13.6 Å². The molecule has 4 rings (SSSR count). The second-order valence-corrected chi connectivity index (χ2v) is 7.30. The highest BCUT2D eigenvalue weighted by Gasteiger charge is 2.42. The molecule has 2 atom stereocenters. The molecule has 2 aromatic rings. The maximum absolute atomic E-state index is 13.5. The molecule has 0 bridgehead atoms. The van der Waals surface area contributed by atoms with E-state index in [0.29, 0.717) is 35.8 Å². The van der Waals surface area contributed by atoms with E-state index in [1.165, 1.54) is 6.07 Å². The predicted octanol–water partition coefficient (Wildman–Crippen LogP) is 3.83. The van der Waals surface area contributed by atoms with E-state index in [2.05, 4.69) is 17.1 Å². The number of aromatic nitrogens is 2. The minimum Gasteiger partial charge on any atom is -0.342 e. The summed E-state index contributed by atoms with van der Waals surface area (Å²) in [6.07, 6.45) is -0.137. The minimum atomic E-state index is -2.60. The first kappa shape index (κ1) is 16.4. The summed E-state index contributed by atoms with van der Waals surface area (Å²) in [5.74, 6) is 0.993. The van der Waals surface area contributed by atoms with E-state index >= 15 is 0 Å². The number of piperidine rings is 1. The SMILES string of the molecule is Cc1noc2nc(C3CCN(C(=O)[C@H]4C[C@@H]4C)CC3)cc(C(F)F)c12. The third kappa shape index (κ3) is 2.89. The smallest absolute Gasteiger partial charge is 0.264 e. The number of amides is 1. The standard InChI is InChI=1S/C18H21F2N3O2/c1-9-7-12(9)18(24)23-5-3-11(4-6-23)14-8-13(16(19)20)15-10(2)22-25-17(15)21-14/h8-9,11-12,16H,3-7H2,1-2H3/t9-,12-/m0/s1. The fourth-order valence-corrected chi connectivity index (χ4v) is 3.83. The third-order valence-electron chi connectivity index (χ3n) is 5.55. The number of carbonyl (C=O) groups is 1.